The van der Waals surface area contributed by atoms with Crippen LogP contribution in [0.4, 0.5) is 0 Å². The van der Waals surface area contributed by atoms with Crippen molar-refractivity contribution >= 4 is 27.7 Å². The highest BCUT2D eigenvalue weighted by Gasteiger charge is 2.30. The van der Waals surface area contributed by atoms with Crippen LogP contribution in [0.5, 0.6) is 5.75 Å². The van der Waals surface area contributed by atoms with Crippen molar-refractivity contribution in [2.75, 3.05) is 7.11 Å². The molecule has 0 aliphatic heterocycles. The number of hydrogen-bond acceptors (Lipinski definition) is 4. The molecule has 0 amide bonds. The minimum Gasteiger partial charge on any atom is -0.496 e. The summed E-state index contributed by atoms with van der Waals surface area (Å²) < 4.78 is 8.84. The molecule has 4 nitrogen and oxygen atoms in total. The van der Waals surface area contributed by atoms with Gasteiger partial charge in [0.05, 0.1) is 7.11 Å². The zero-order valence-corrected chi connectivity index (χ0v) is 15.4. The summed E-state index contributed by atoms with van der Waals surface area (Å²) in [5, 5.41) is 9.84. The lowest BCUT2D eigenvalue weighted by Gasteiger charge is -2.12. The van der Waals surface area contributed by atoms with E-state index in [0.717, 1.165) is 27.0 Å². The second-order valence-corrected chi connectivity index (χ2v) is 7.70. The monoisotopic (exact) mass is 381 g/mol. The minimum absolute atomic E-state index is 0.405. The summed E-state index contributed by atoms with van der Waals surface area (Å²) in [4.78, 5) is 0. The Morgan fingerprint density at radius 2 is 2.14 bits per heavy atom. The molecule has 22 heavy (non-hydrogen) atoms. The normalized spacial score (nSPS) is 14.6. The Morgan fingerprint density at radius 3 is 2.77 bits per heavy atom. The van der Waals surface area contributed by atoms with Crippen LogP contribution in [-0.2, 0) is 5.75 Å². The summed E-state index contributed by atoms with van der Waals surface area (Å²) in [6.45, 7) is 4.35. The van der Waals surface area contributed by atoms with Crippen LogP contribution in [0.25, 0.3) is 0 Å². The molecule has 1 heterocycles. The number of thioether (sulfide) groups is 1. The Bertz CT molecular complexity index is 667. The van der Waals surface area contributed by atoms with Crippen molar-refractivity contribution in [3.05, 3.63) is 34.1 Å². The number of ether oxygens (including phenoxy) is 1. The van der Waals surface area contributed by atoms with Crippen molar-refractivity contribution in [2.45, 2.75) is 49.6 Å². The Hall–Kier alpha value is -1.01. The van der Waals surface area contributed by atoms with E-state index in [1.807, 2.05) is 12.1 Å². The maximum Gasteiger partial charge on any atom is 0.191 e. The van der Waals surface area contributed by atoms with Crippen LogP contribution in [0, 0.1) is 0 Å². The molecule has 3 rings (SSSR count). The third-order valence-corrected chi connectivity index (χ3v) is 5.20. The van der Waals surface area contributed by atoms with E-state index in [2.05, 4.69) is 50.6 Å². The molecular formula is C16H20BrN3OS. The highest BCUT2D eigenvalue weighted by Crippen LogP contribution is 2.41. The van der Waals surface area contributed by atoms with Crippen molar-refractivity contribution in [1.29, 1.82) is 0 Å². The fourth-order valence-corrected chi connectivity index (χ4v) is 3.86. The number of nitrogens with zero attached hydrogens (tertiary/aromatic N) is 3. The topological polar surface area (TPSA) is 39.9 Å². The highest BCUT2D eigenvalue weighted by molar-refractivity contribution is 9.10. The zero-order valence-electron chi connectivity index (χ0n) is 13.0. The number of rotatable bonds is 6. The lowest BCUT2D eigenvalue weighted by molar-refractivity contribution is 0.411. The van der Waals surface area contributed by atoms with Crippen molar-refractivity contribution in [3.8, 4) is 5.75 Å². The van der Waals surface area contributed by atoms with E-state index in [4.69, 9.17) is 4.74 Å². The number of benzene rings is 1. The smallest absolute Gasteiger partial charge is 0.191 e. The quantitative estimate of drug-likeness (QED) is 0.673. The Kier molecular flexibility index (Phi) is 4.78. The molecule has 0 spiro atoms. The van der Waals surface area contributed by atoms with Crippen LogP contribution in [0.15, 0.2) is 27.8 Å². The van der Waals surface area contributed by atoms with E-state index in [0.29, 0.717) is 12.0 Å². The first kappa shape index (κ1) is 15.9. The number of aromatic nitrogens is 3. The predicted molar refractivity (Wildman–Crippen MR) is 92.6 cm³/mol. The van der Waals surface area contributed by atoms with Crippen molar-refractivity contribution in [3.63, 3.8) is 0 Å². The van der Waals surface area contributed by atoms with E-state index in [9.17, 15) is 0 Å². The van der Waals surface area contributed by atoms with Gasteiger partial charge in [0.15, 0.2) is 5.16 Å². The van der Waals surface area contributed by atoms with Gasteiger partial charge in [0, 0.05) is 27.7 Å². The highest BCUT2D eigenvalue weighted by atomic mass is 79.9. The van der Waals surface area contributed by atoms with Crippen molar-refractivity contribution in [2.24, 2.45) is 0 Å². The fourth-order valence-electron chi connectivity index (χ4n) is 2.46. The number of hydrogen-bond donors (Lipinski definition) is 0. The predicted octanol–water partition coefficient (Wildman–Crippen LogP) is 4.80. The average Bonchev–Trinajstić information content (AvgIpc) is 3.24. The Morgan fingerprint density at radius 1 is 1.36 bits per heavy atom. The van der Waals surface area contributed by atoms with Crippen LogP contribution in [0.1, 0.15) is 50.0 Å². The lowest BCUT2D eigenvalue weighted by atomic mass is 10.2. The van der Waals surface area contributed by atoms with Crippen LogP contribution in [-0.4, -0.2) is 21.9 Å². The van der Waals surface area contributed by atoms with Crippen LogP contribution in [0.2, 0.25) is 0 Å². The third-order valence-electron chi connectivity index (χ3n) is 3.72. The fraction of sp³-hybridized carbons (Fsp3) is 0.500. The average molecular weight is 382 g/mol. The van der Waals surface area contributed by atoms with Gasteiger partial charge in [-0.1, -0.05) is 41.5 Å². The van der Waals surface area contributed by atoms with E-state index < -0.39 is 0 Å². The van der Waals surface area contributed by atoms with Gasteiger partial charge >= 0.3 is 0 Å². The molecule has 6 heteroatoms. The first-order chi connectivity index (χ1) is 10.6. The molecule has 0 saturated heterocycles. The minimum atomic E-state index is 0.405. The third kappa shape index (κ3) is 3.33. The standard InChI is InChI=1S/C16H20BrN3OS/c1-10(2)15-18-19-16(20(15)13-5-6-13)22-9-11-8-12(17)4-7-14(11)21-3/h4,7-8,10,13H,5-6,9H2,1-3H3. The summed E-state index contributed by atoms with van der Waals surface area (Å²) in [5.41, 5.74) is 1.17. The molecule has 1 aromatic carbocycles. The second-order valence-electron chi connectivity index (χ2n) is 5.84. The summed E-state index contributed by atoms with van der Waals surface area (Å²) in [6, 6.07) is 6.69. The lowest BCUT2D eigenvalue weighted by Crippen LogP contribution is -2.04. The van der Waals surface area contributed by atoms with Gasteiger partial charge in [-0.3, -0.25) is 0 Å². The molecule has 118 valence electrons. The zero-order chi connectivity index (χ0) is 15.7. The van der Waals surface area contributed by atoms with Gasteiger partial charge in [-0.05, 0) is 31.0 Å². The van der Waals surface area contributed by atoms with Gasteiger partial charge in [-0.15, -0.1) is 10.2 Å². The van der Waals surface area contributed by atoms with E-state index in [1.165, 1.54) is 18.4 Å². The molecule has 1 aliphatic rings. The summed E-state index contributed by atoms with van der Waals surface area (Å²) in [5.74, 6) is 3.25. The van der Waals surface area contributed by atoms with E-state index >= 15 is 0 Å². The van der Waals surface area contributed by atoms with Crippen LogP contribution >= 0.6 is 27.7 Å². The first-order valence-electron chi connectivity index (χ1n) is 7.50. The second kappa shape index (κ2) is 6.62. The molecule has 0 atom stereocenters. The molecule has 1 fully saturated rings. The van der Waals surface area contributed by atoms with E-state index in [1.54, 1.807) is 18.9 Å². The molecular weight excluding hydrogens is 362 g/mol. The molecule has 1 aromatic heterocycles. The molecule has 1 aliphatic carbocycles. The Labute approximate surface area is 143 Å². The van der Waals surface area contributed by atoms with Gasteiger partial charge in [0.2, 0.25) is 0 Å². The van der Waals surface area contributed by atoms with Gasteiger partial charge in [-0.25, -0.2) is 0 Å². The molecule has 0 N–H and O–H groups in total. The van der Waals surface area contributed by atoms with Crippen LogP contribution in [0.3, 0.4) is 0 Å². The summed E-state index contributed by atoms with van der Waals surface area (Å²) in [6.07, 6.45) is 2.48. The van der Waals surface area contributed by atoms with Crippen molar-refractivity contribution in [1.82, 2.24) is 14.8 Å². The van der Waals surface area contributed by atoms with Gasteiger partial charge in [0.25, 0.3) is 0 Å². The maximum absolute atomic E-state index is 5.45. The summed E-state index contributed by atoms with van der Waals surface area (Å²) in [7, 11) is 1.71. The van der Waals surface area contributed by atoms with Crippen LogP contribution < -0.4 is 4.74 Å². The van der Waals surface area contributed by atoms with Gasteiger partial charge in [-0.2, -0.15) is 0 Å². The van der Waals surface area contributed by atoms with Gasteiger partial charge < -0.3 is 9.30 Å². The molecule has 0 unspecified atom stereocenters. The maximum atomic E-state index is 5.45. The van der Waals surface area contributed by atoms with Crippen molar-refractivity contribution < 1.29 is 4.74 Å². The molecule has 2 aromatic rings. The van der Waals surface area contributed by atoms with E-state index in [-0.39, 0.29) is 0 Å². The molecule has 0 radical (unpaired) electrons. The first-order valence-corrected chi connectivity index (χ1v) is 9.28. The molecule has 1 saturated carbocycles. The Balaban J connectivity index is 1.81. The number of halogens is 1. The van der Waals surface area contributed by atoms with Gasteiger partial charge in [0.1, 0.15) is 11.6 Å². The molecule has 0 bridgehead atoms. The summed E-state index contributed by atoms with van der Waals surface area (Å²) >= 11 is 5.26. The largest absolute Gasteiger partial charge is 0.496 e. The SMILES string of the molecule is COc1ccc(Br)cc1CSc1nnc(C(C)C)n1C1CC1. The number of methoxy groups -OCH3 is 1.